The van der Waals surface area contributed by atoms with Gasteiger partial charge < -0.3 is 5.11 Å². The number of hydrazone groups is 1. The van der Waals surface area contributed by atoms with Gasteiger partial charge in [0.2, 0.25) is 0 Å². The van der Waals surface area contributed by atoms with Crippen molar-refractivity contribution in [1.82, 2.24) is 5.43 Å². The van der Waals surface area contributed by atoms with Crippen LogP contribution in [0.2, 0.25) is 0 Å². The van der Waals surface area contributed by atoms with Crippen LogP contribution in [0.5, 0.6) is 0 Å². The molecule has 0 saturated carbocycles. The van der Waals surface area contributed by atoms with Crippen molar-refractivity contribution in [3.8, 4) is 0 Å². The van der Waals surface area contributed by atoms with E-state index in [4.69, 9.17) is 0 Å². The van der Waals surface area contributed by atoms with Crippen molar-refractivity contribution in [1.29, 1.82) is 0 Å². The minimum atomic E-state index is -1.89. The highest BCUT2D eigenvalue weighted by atomic mass is 19.1. The van der Waals surface area contributed by atoms with Crippen LogP contribution in [0.4, 0.5) is 4.39 Å². The highest BCUT2D eigenvalue weighted by Gasteiger charge is 2.39. The van der Waals surface area contributed by atoms with Gasteiger partial charge >= 0.3 is 0 Å². The monoisotopic (exact) mass is 348 g/mol. The molecule has 0 aromatic heterocycles. The second kappa shape index (κ2) is 7.72. The summed E-state index contributed by atoms with van der Waals surface area (Å²) in [4.78, 5) is 12.8. The fraction of sp³-hybridized carbons (Fsp3) is 0.0476. The molecule has 0 atom stereocenters. The molecule has 0 aliphatic carbocycles. The van der Waals surface area contributed by atoms with Crippen molar-refractivity contribution in [3.63, 3.8) is 0 Å². The Morgan fingerprint density at radius 3 is 1.88 bits per heavy atom. The van der Waals surface area contributed by atoms with Gasteiger partial charge in [-0.3, -0.25) is 4.79 Å². The van der Waals surface area contributed by atoms with Crippen LogP contribution in [0.25, 0.3) is 0 Å². The molecule has 4 nitrogen and oxygen atoms in total. The molecule has 3 rings (SSSR count). The van der Waals surface area contributed by atoms with Crippen LogP contribution in [0.3, 0.4) is 0 Å². The molecule has 0 bridgehead atoms. The van der Waals surface area contributed by atoms with Crippen LogP contribution < -0.4 is 5.43 Å². The molecule has 130 valence electrons. The Morgan fingerprint density at radius 1 is 0.885 bits per heavy atom. The summed E-state index contributed by atoms with van der Waals surface area (Å²) >= 11 is 0. The minimum absolute atomic E-state index is 0.353. The summed E-state index contributed by atoms with van der Waals surface area (Å²) in [6.07, 6.45) is 1.38. The maximum Gasteiger partial charge on any atom is 0.281 e. The second-order valence-electron chi connectivity index (χ2n) is 5.69. The zero-order valence-electron chi connectivity index (χ0n) is 13.8. The van der Waals surface area contributed by atoms with Crippen molar-refractivity contribution in [2.75, 3.05) is 0 Å². The lowest BCUT2D eigenvalue weighted by atomic mass is 9.85. The van der Waals surface area contributed by atoms with Crippen LogP contribution in [0.1, 0.15) is 16.7 Å². The predicted octanol–water partition coefficient (Wildman–Crippen LogP) is 3.21. The first-order valence-electron chi connectivity index (χ1n) is 8.03. The molecule has 0 heterocycles. The van der Waals surface area contributed by atoms with E-state index in [1.165, 1.54) is 30.5 Å². The summed E-state index contributed by atoms with van der Waals surface area (Å²) in [6.45, 7) is 0. The van der Waals surface area contributed by atoms with Gasteiger partial charge in [0.25, 0.3) is 5.91 Å². The van der Waals surface area contributed by atoms with Gasteiger partial charge in [0.05, 0.1) is 6.21 Å². The van der Waals surface area contributed by atoms with E-state index in [-0.39, 0.29) is 5.82 Å². The topological polar surface area (TPSA) is 61.7 Å². The number of amides is 1. The number of halogens is 1. The van der Waals surface area contributed by atoms with E-state index >= 15 is 0 Å². The molecule has 0 saturated heterocycles. The first-order chi connectivity index (χ1) is 12.6. The highest BCUT2D eigenvalue weighted by molar-refractivity contribution is 5.91. The van der Waals surface area contributed by atoms with E-state index in [0.29, 0.717) is 16.7 Å². The summed E-state index contributed by atoms with van der Waals surface area (Å²) < 4.78 is 12.9. The Hall–Kier alpha value is -3.31. The number of carbonyl (C=O) groups is 1. The first kappa shape index (κ1) is 17.5. The lowest BCUT2D eigenvalue weighted by Gasteiger charge is -2.27. The number of benzene rings is 3. The molecule has 0 fully saturated rings. The summed E-state index contributed by atoms with van der Waals surface area (Å²) in [5, 5.41) is 15.1. The number of rotatable bonds is 5. The fourth-order valence-corrected chi connectivity index (χ4v) is 2.58. The Bertz CT molecular complexity index is 855. The molecular formula is C21H17FN2O2. The van der Waals surface area contributed by atoms with Gasteiger partial charge in [-0.25, -0.2) is 9.82 Å². The van der Waals surface area contributed by atoms with E-state index in [0.717, 1.165) is 0 Å². The van der Waals surface area contributed by atoms with Gasteiger partial charge in [-0.15, -0.1) is 0 Å². The molecule has 0 unspecified atom stereocenters. The number of nitrogens with one attached hydrogen (secondary N) is 1. The fourth-order valence-electron chi connectivity index (χ4n) is 2.58. The zero-order chi connectivity index (χ0) is 18.4. The zero-order valence-corrected chi connectivity index (χ0v) is 13.8. The maximum absolute atomic E-state index is 12.9. The van der Waals surface area contributed by atoms with Crippen molar-refractivity contribution >= 4 is 12.1 Å². The minimum Gasteiger partial charge on any atom is -0.372 e. The van der Waals surface area contributed by atoms with Crippen molar-refractivity contribution in [2.24, 2.45) is 5.10 Å². The smallest absolute Gasteiger partial charge is 0.281 e. The predicted molar refractivity (Wildman–Crippen MR) is 98.0 cm³/mol. The maximum atomic E-state index is 12.9. The third-order valence-corrected chi connectivity index (χ3v) is 3.96. The lowest BCUT2D eigenvalue weighted by molar-refractivity contribution is -0.136. The molecule has 5 heteroatoms. The lowest BCUT2D eigenvalue weighted by Crippen LogP contribution is -2.43. The van der Waals surface area contributed by atoms with Crippen LogP contribution in [0, 0.1) is 5.82 Å². The van der Waals surface area contributed by atoms with Crippen molar-refractivity contribution < 1.29 is 14.3 Å². The van der Waals surface area contributed by atoms with Crippen molar-refractivity contribution in [3.05, 3.63) is 107 Å². The Kier molecular flexibility index (Phi) is 5.20. The van der Waals surface area contributed by atoms with Gasteiger partial charge in [-0.2, -0.15) is 5.10 Å². The van der Waals surface area contributed by atoms with Crippen LogP contribution in [-0.4, -0.2) is 17.2 Å². The van der Waals surface area contributed by atoms with E-state index in [9.17, 15) is 14.3 Å². The van der Waals surface area contributed by atoms with Crippen LogP contribution in [-0.2, 0) is 10.4 Å². The van der Waals surface area contributed by atoms with Gasteiger partial charge in [0.1, 0.15) is 5.82 Å². The molecule has 0 radical (unpaired) electrons. The average Bonchev–Trinajstić information content (AvgIpc) is 2.70. The molecule has 0 spiro atoms. The Morgan fingerprint density at radius 2 is 1.38 bits per heavy atom. The first-order valence-corrected chi connectivity index (χ1v) is 8.03. The number of nitrogens with zero attached hydrogens (tertiary/aromatic N) is 1. The number of aliphatic hydroxyl groups is 1. The second-order valence-corrected chi connectivity index (χ2v) is 5.69. The summed E-state index contributed by atoms with van der Waals surface area (Å²) in [5.74, 6) is -1.04. The van der Waals surface area contributed by atoms with Gasteiger partial charge in [-0.1, -0.05) is 72.8 Å². The Labute approximate surface area is 150 Å². The number of carbonyl (C=O) groups excluding carboxylic acids is 1. The molecule has 1 amide bonds. The van der Waals surface area contributed by atoms with E-state index in [2.05, 4.69) is 10.5 Å². The van der Waals surface area contributed by atoms with Gasteiger partial charge in [0, 0.05) is 0 Å². The van der Waals surface area contributed by atoms with Gasteiger partial charge in [0.15, 0.2) is 5.60 Å². The normalized spacial score (nSPS) is 11.5. The molecular weight excluding hydrogens is 331 g/mol. The average molecular weight is 348 g/mol. The summed E-state index contributed by atoms with van der Waals surface area (Å²) in [7, 11) is 0. The standard InChI is InChI=1S/C21H17FN2O2/c22-19-13-11-16(12-14-19)15-23-24-20(25)21(26,17-7-3-1-4-8-17)18-9-5-2-6-10-18/h1-15,26H,(H,24,25)/b23-15-. The molecule has 26 heavy (non-hydrogen) atoms. The van der Waals surface area contributed by atoms with Crippen LogP contribution >= 0.6 is 0 Å². The highest BCUT2D eigenvalue weighted by Crippen LogP contribution is 2.29. The van der Waals surface area contributed by atoms with E-state index < -0.39 is 11.5 Å². The molecule has 0 aliphatic heterocycles. The Balaban J connectivity index is 1.87. The molecule has 0 aliphatic rings. The van der Waals surface area contributed by atoms with E-state index in [1.807, 2.05) is 0 Å². The third kappa shape index (κ3) is 3.68. The largest absolute Gasteiger partial charge is 0.372 e. The van der Waals surface area contributed by atoms with E-state index in [1.54, 1.807) is 60.7 Å². The molecule has 2 N–H and O–H groups in total. The van der Waals surface area contributed by atoms with Crippen LogP contribution in [0.15, 0.2) is 90.0 Å². The molecule has 3 aromatic rings. The number of hydrogen-bond donors (Lipinski definition) is 2. The molecule has 3 aromatic carbocycles. The quantitative estimate of drug-likeness (QED) is 0.549. The summed E-state index contributed by atoms with van der Waals surface area (Å²) in [6, 6.07) is 23.0. The number of hydrogen-bond acceptors (Lipinski definition) is 3. The van der Waals surface area contributed by atoms with Gasteiger partial charge in [-0.05, 0) is 28.8 Å². The van der Waals surface area contributed by atoms with Crippen molar-refractivity contribution in [2.45, 2.75) is 5.60 Å². The third-order valence-electron chi connectivity index (χ3n) is 3.96. The SMILES string of the molecule is O=C(N/N=C\c1ccc(F)cc1)C(O)(c1ccccc1)c1ccccc1. The summed E-state index contributed by atoms with van der Waals surface area (Å²) in [5.41, 5.74) is 1.97.